The molecular formula is C18H19BrN2OS. The van der Waals surface area contributed by atoms with E-state index in [-0.39, 0.29) is 11.9 Å². The van der Waals surface area contributed by atoms with Crippen molar-refractivity contribution in [1.29, 1.82) is 0 Å². The number of nitrogens with zero attached hydrogens (tertiary/aromatic N) is 1. The second-order valence-electron chi connectivity index (χ2n) is 5.69. The zero-order valence-corrected chi connectivity index (χ0v) is 15.1. The lowest BCUT2D eigenvalue weighted by atomic mass is 10.2. The fourth-order valence-electron chi connectivity index (χ4n) is 2.76. The van der Waals surface area contributed by atoms with Crippen molar-refractivity contribution in [2.24, 2.45) is 0 Å². The van der Waals surface area contributed by atoms with Crippen LogP contribution in [0.3, 0.4) is 0 Å². The van der Waals surface area contributed by atoms with Crippen molar-refractivity contribution in [2.45, 2.75) is 19.0 Å². The summed E-state index contributed by atoms with van der Waals surface area (Å²) in [5, 5.41) is 3.10. The van der Waals surface area contributed by atoms with Crippen molar-refractivity contribution in [3.05, 3.63) is 62.8 Å². The number of likely N-dealkylation sites (tertiary alicyclic amines) is 1. The van der Waals surface area contributed by atoms with Crippen LogP contribution < -0.4 is 5.32 Å². The van der Waals surface area contributed by atoms with Gasteiger partial charge in [-0.25, -0.2) is 0 Å². The highest BCUT2D eigenvalue weighted by Gasteiger charge is 2.23. The van der Waals surface area contributed by atoms with Crippen LogP contribution >= 0.6 is 27.3 Å². The van der Waals surface area contributed by atoms with E-state index in [1.165, 1.54) is 5.56 Å². The smallest absolute Gasteiger partial charge is 0.244 e. The summed E-state index contributed by atoms with van der Waals surface area (Å²) in [6.45, 7) is 2.90. The Morgan fingerprint density at radius 2 is 2.13 bits per heavy atom. The summed E-state index contributed by atoms with van der Waals surface area (Å²) < 4.78 is 1.07. The number of amides is 1. The van der Waals surface area contributed by atoms with Gasteiger partial charge in [0.2, 0.25) is 5.91 Å². The van der Waals surface area contributed by atoms with Gasteiger partial charge >= 0.3 is 0 Å². The molecule has 3 nitrogen and oxygen atoms in total. The molecule has 23 heavy (non-hydrogen) atoms. The van der Waals surface area contributed by atoms with Crippen LogP contribution in [0.4, 0.5) is 0 Å². The van der Waals surface area contributed by atoms with Gasteiger partial charge in [-0.3, -0.25) is 9.69 Å². The molecule has 2 aromatic rings. The first kappa shape index (κ1) is 16.4. The Kier molecular flexibility index (Phi) is 5.65. The summed E-state index contributed by atoms with van der Waals surface area (Å²) in [5.41, 5.74) is 1.32. The summed E-state index contributed by atoms with van der Waals surface area (Å²) in [4.78, 5) is 15.5. The van der Waals surface area contributed by atoms with Crippen molar-refractivity contribution >= 4 is 39.2 Å². The predicted molar refractivity (Wildman–Crippen MR) is 99.3 cm³/mol. The number of hydrogen-bond acceptors (Lipinski definition) is 3. The molecule has 1 atom stereocenters. The van der Waals surface area contributed by atoms with Crippen molar-refractivity contribution in [3.8, 4) is 0 Å². The molecule has 1 aliphatic rings. The van der Waals surface area contributed by atoms with Gasteiger partial charge in [-0.2, -0.15) is 0 Å². The Morgan fingerprint density at radius 3 is 2.87 bits per heavy atom. The first-order chi connectivity index (χ1) is 11.2. The van der Waals surface area contributed by atoms with E-state index in [4.69, 9.17) is 0 Å². The monoisotopic (exact) mass is 390 g/mol. The SMILES string of the molecule is O=C(/C=C/c1ccc(Br)s1)NC1CCN(Cc2ccccc2)C1. The molecule has 120 valence electrons. The van der Waals surface area contributed by atoms with Gasteiger partial charge in [-0.15, -0.1) is 11.3 Å². The Labute approximate surface area is 149 Å². The third kappa shape index (κ3) is 5.03. The van der Waals surface area contributed by atoms with E-state index in [9.17, 15) is 4.79 Å². The van der Waals surface area contributed by atoms with Crippen molar-refractivity contribution in [3.63, 3.8) is 0 Å². The van der Waals surface area contributed by atoms with E-state index >= 15 is 0 Å². The third-order valence-electron chi connectivity index (χ3n) is 3.86. The minimum absolute atomic E-state index is 0.0129. The van der Waals surface area contributed by atoms with Gasteiger partial charge in [-0.1, -0.05) is 30.3 Å². The number of hydrogen-bond donors (Lipinski definition) is 1. The van der Waals surface area contributed by atoms with E-state index in [0.717, 1.165) is 34.7 Å². The van der Waals surface area contributed by atoms with Crippen molar-refractivity contribution < 1.29 is 4.79 Å². The van der Waals surface area contributed by atoms with Crippen LogP contribution in [-0.2, 0) is 11.3 Å². The number of carbonyl (C=O) groups excluding carboxylic acids is 1. The van der Waals surface area contributed by atoms with Gasteiger partial charge in [0.15, 0.2) is 0 Å². The van der Waals surface area contributed by atoms with E-state index in [1.807, 2.05) is 24.3 Å². The van der Waals surface area contributed by atoms with E-state index < -0.39 is 0 Å². The molecule has 0 aliphatic carbocycles. The summed E-state index contributed by atoms with van der Waals surface area (Å²) in [5.74, 6) is -0.0129. The van der Waals surface area contributed by atoms with Crippen LogP contribution in [0.25, 0.3) is 6.08 Å². The molecule has 1 fully saturated rings. The third-order valence-corrected chi connectivity index (χ3v) is 5.45. The normalized spacial score (nSPS) is 18.6. The number of benzene rings is 1. The molecule has 2 heterocycles. The maximum atomic E-state index is 12.0. The maximum Gasteiger partial charge on any atom is 0.244 e. The highest BCUT2D eigenvalue weighted by Crippen LogP contribution is 2.23. The largest absolute Gasteiger partial charge is 0.348 e. The summed E-state index contributed by atoms with van der Waals surface area (Å²) in [6, 6.07) is 14.7. The average Bonchev–Trinajstić information content (AvgIpc) is 3.15. The molecule has 1 aromatic carbocycles. The van der Waals surface area contributed by atoms with Gasteiger partial charge in [-0.05, 0) is 46.1 Å². The standard InChI is InChI=1S/C18H19BrN2OS/c19-17-8-6-16(23-17)7-9-18(22)20-15-10-11-21(13-15)12-14-4-2-1-3-5-14/h1-9,15H,10-13H2,(H,20,22)/b9-7+. The fourth-order valence-corrected chi connectivity index (χ4v) is 4.09. The summed E-state index contributed by atoms with van der Waals surface area (Å²) >= 11 is 5.04. The second-order valence-corrected chi connectivity index (χ2v) is 8.18. The molecule has 1 saturated heterocycles. The predicted octanol–water partition coefficient (Wildman–Crippen LogP) is 3.91. The molecule has 1 N–H and O–H groups in total. The number of rotatable bonds is 5. The zero-order valence-electron chi connectivity index (χ0n) is 12.7. The lowest BCUT2D eigenvalue weighted by molar-refractivity contribution is -0.117. The molecule has 0 radical (unpaired) electrons. The van der Waals surface area contributed by atoms with Crippen LogP contribution in [0.1, 0.15) is 16.9 Å². The molecular weight excluding hydrogens is 372 g/mol. The fraction of sp³-hybridized carbons (Fsp3) is 0.278. The maximum absolute atomic E-state index is 12.0. The first-order valence-electron chi connectivity index (χ1n) is 7.69. The van der Waals surface area contributed by atoms with Gasteiger partial charge < -0.3 is 5.32 Å². The van der Waals surface area contributed by atoms with Crippen LogP contribution in [0, 0.1) is 0 Å². The van der Waals surface area contributed by atoms with Crippen LogP contribution in [-0.4, -0.2) is 29.9 Å². The van der Waals surface area contributed by atoms with Gasteiger partial charge in [0.1, 0.15) is 0 Å². The van der Waals surface area contributed by atoms with Crippen molar-refractivity contribution in [1.82, 2.24) is 10.2 Å². The molecule has 1 unspecified atom stereocenters. The molecule has 0 saturated carbocycles. The lowest BCUT2D eigenvalue weighted by Crippen LogP contribution is -2.35. The topological polar surface area (TPSA) is 32.3 Å². The highest BCUT2D eigenvalue weighted by atomic mass is 79.9. The van der Waals surface area contributed by atoms with E-state index in [1.54, 1.807) is 17.4 Å². The second kappa shape index (κ2) is 7.90. The first-order valence-corrected chi connectivity index (χ1v) is 9.30. The molecule has 3 rings (SSSR count). The van der Waals surface area contributed by atoms with Crippen LogP contribution in [0.15, 0.2) is 52.3 Å². The van der Waals surface area contributed by atoms with Crippen molar-refractivity contribution in [2.75, 3.05) is 13.1 Å². The van der Waals surface area contributed by atoms with Gasteiger partial charge in [0.25, 0.3) is 0 Å². The number of carbonyl (C=O) groups is 1. The number of halogens is 1. The van der Waals surface area contributed by atoms with Gasteiger partial charge in [0.05, 0.1) is 3.79 Å². The number of thiophene rings is 1. The Bertz CT molecular complexity index is 683. The molecule has 5 heteroatoms. The van der Waals surface area contributed by atoms with E-state index in [0.29, 0.717) is 0 Å². The molecule has 1 aromatic heterocycles. The Balaban J connectivity index is 1.46. The zero-order chi connectivity index (χ0) is 16.1. The minimum atomic E-state index is -0.0129. The Morgan fingerprint density at radius 1 is 1.30 bits per heavy atom. The average molecular weight is 391 g/mol. The lowest BCUT2D eigenvalue weighted by Gasteiger charge is -2.16. The summed E-state index contributed by atoms with van der Waals surface area (Å²) in [7, 11) is 0. The Hall–Kier alpha value is -1.43. The summed E-state index contributed by atoms with van der Waals surface area (Å²) in [6.07, 6.45) is 4.50. The van der Waals surface area contributed by atoms with Gasteiger partial charge in [0, 0.05) is 36.6 Å². The minimum Gasteiger partial charge on any atom is -0.348 e. The quantitative estimate of drug-likeness (QED) is 0.784. The molecule has 0 spiro atoms. The van der Waals surface area contributed by atoms with E-state index in [2.05, 4.69) is 50.4 Å². The van der Waals surface area contributed by atoms with Crippen LogP contribution in [0.2, 0.25) is 0 Å². The van der Waals surface area contributed by atoms with Crippen LogP contribution in [0.5, 0.6) is 0 Å². The highest BCUT2D eigenvalue weighted by molar-refractivity contribution is 9.11. The molecule has 0 bridgehead atoms. The number of nitrogens with one attached hydrogen (secondary N) is 1. The molecule has 1 aliphatic heterocycles. The molecule has 1 amide bonds.